The van der Waals surface area contributed by atoms with Crippen molar-refractivity contribution < 1.29 is 14.7 Å². The van der Waals surface area contributed by atoms with Crippen LogP contribution in [-0.2, 0) is 0 Å². The molecule has 3 N–H and O–H groups in total. The Morgan fingerprint density at radius 2 is 1.39 bits per heavy atom. The number of amides is 2. The highest BCUT2D eigenvalue weighted by Crippen LogP contribution is 2.24. The molecule has 0 unspecified atom stereocenters. The lowest BCUT2D eigenvalue weighted by molar-refractivity contribution is 0.0536. The molecule has 0 bridgehead atoms. The molecule has 4 rings (SSSR count). The van der Waals surface area contributed by atoms with Crippen molar-refractivity contribution in [2.24, 2.45) is 0 Å². The van der Waals surface area contributed by atoms with Gasteiger partial charge in [-0.05, 0) is 41.1 Å². The molecule has 2 amide bonds. The van der Waals surface area contributed by atoms with E-state index in [1.54, 1.807) is 21.9 Å². The van der Waals surface area contributed by atoms with E-state index >= 15 is 0 Å². The lowest BCUT2D eigenvalue weighted by atomic mass is 10.0. The van der Waals surface area contributed by atoms with Gasteiger partial charge in [-0.15, -0.1) is 0 Å². The number of phenols is 1. The molecule has 3 aromatic carbocycles. The third-order valence-corrected chi connectivity index (χ3v) is 5.10. The molecule has 28 heavy (non-hydrogen) atoms. The second-order valence-corrected chi connectivity index (χ2v) is 6.92. The molecule has 6 heteroatoms. The third kappa shape index (κ3) is 3.36. The normalized spacial score (nSPS) is 14.3. The van der Waals surface area contributed by atoms with E-state index in [1.807, 2.05) is 36.4 Å². The minimum atomic E-state index is -0.145. The monoisotopic (exact) mass is 375 g/mol. The average molecular weight is 375 g/mol. The van der Waals surface area contributed by atoms with Crippen molar-refractivity contribution in [2.45, 2.75) is 0 Å². The first-order valence-electron chi connectivity index (χ1n) is 9.19. The lowest BCUT2D eigenvalue weighted by Gasteiger charge is -2.35. The molecule has 1 heterocycles. The number of aromatic hydroxyl groups is 1. The Morgan fingerprint density at radius 1 is 0.786 bits per heavy atom. The largest absolute Gasteiger partial charge is 0.508 e. The van der Waals surface area contributed by atoms with E-state index in [1.165, 1.54) is 12.1 Å². The quantitative estimate of drug-likeness (QED) is 0.674. The second-order valence-electron chi connectivity index (χ2n) is 6.92. The number of piperazine rings is 1. The first kappa shape index (κ1) is 17.9. The zero-order valence-corrected chi connectivity index (χ0v) is 15.3. The van der Waals surface area contributed by atoms with Crippen LogP contribution in [0.15, 0.2) is 60.7 Å². The van der Waals surface area contributed by atoms with E-state index in [0.717, 1.165) is 10.8 Å². The Hall–Kier alpha value is -3.54. The number of nitrogens with zero attached hydrogens (tertiary/aromatic N) is 2. The molecular weight excluding hydrogens is 354 g/mol. The predicted molar refractivity (Wildman–Crippen MR) is 108 cm³/mol. The fourth-order valence-electron chi connectivity index (χ4n) is 3.55. The second kappa shape index (κ2) is 7.23. The summed E-state index contributed by atoms with van der Waals surface area (Å²) in [5, 5.41) is 11.5. The van der Waals surface area contributed by atoms with Crippen LogP contribution < -0.4 is 5.73 Å². The van der Waals surface area contributed by atoms with Gasteiger partial charge < -0.3 is 20.6 Å². The van der Waals surface area contributed by atoms with Gasteiger partial charge in [0.1, 0.15) is 5.75 Å². The number of phenolic OH excluding ortho intramolecular Hbond substituents is 1. The fourth-order valence-corrected chi connectivity index (χ4v) is 3.55. The zero-order chi connectivity index (χ0) is 19.7. The molecule has 0 radical (unpaired) electrons. The number of anilines is 1. The van der Waals surface area contributed by atoms with Crippen LogP contribution in [0.5, 0.6) is 5.75 Å². The number of benzene rings is 3. The maximum atomic E-state index is 13.0. The number of hydrogen-bond acceptors (Lipinski definition) is 4. The summed E-state index contributed by atoms with van der Waals surface area (Å²) < 4.78 is 0. The molecule has 1 aliphatic heterocycles. The van der Waals surface area contributed by atoms with E-state index < -0.39 is 0 Å². The van der Waals surface area contributed by atoms with Gasteiger partial charge >= 0.3 is 0 Å². The molecule has 6 nitrogen and oxygen atoms in total. The molecule has 0 aliphatic carbocycles. The number of nitrogen functional groups attached to an aromatic ring is 1. The first-order valence-corrected chi connectivity index (χ1v) is 9.19. The van der Waals surface area contributed by atoms with Crippen molar-refractivity contribution in [3.8, 4) is 5.75 Å². The summed E-state index contributed by atoms with van der Waals surface area (Å²) in [6, 6.07) is 17.7. The smallest absolute Gasteiger partial charge is 0.256 e. The van der Waals surface area contributed by atoms with Gasteiger partial charge in [-0.3, -0.25) is 9.59 Å². The molecule has 0 aromatic heterocycles. The molecule has 0 saturated carbocycles. The minimum absolute atomic E-state index is 0.0615. The summed E-state index contributed by atoms with van der Waals surface area (Å²) in [5.74, 6) is -0.202. The summed E-state index contributed by atoms with van der Waals surface area (Å²) in [4.78, 5) is 29.0. The number of carbonyl (C=O) groups excluding carboxylic acids is 2. The highest BCUT2D eigenvalue weighted by atomic mass is 16.3. The van der Waals surface area contributed by atoms with Gasteiger partial charge in [0, 0.05) is 37.4 Å². The van der Waals surface area contributed by atoms with Gasteiger partial charge in [-0.1, -0.05) is 30.3 Å². The van der Waals surface area contributed by atoms with E-state index in [0.29, 0.717) is 43.0 Å². The van der Waals surface area contributed by atoms with E-state index in [9.17, 15) is 14.7 Å². The van der Waals surface area contributed by atoms with Crippen LogP contribution in [0.4, 0.5) is 5.69 Å². The van der Waals surface area contributed by atoms with Crippen LogP contribution >= 0.6 is 0 Å². The molecular formula is C22H21N3O3. The van der Waals surface area contributed by atoms with Crippen LogP contribution in [-0.4, -0.2) is 52.9 Å². The van der Waals surface area contributed by atoms with Crippen molar-refractivity contribution in [1.29, 1.82) is 0 Å². The fraction of sp³-hybridized carbons (Fsp3) is 0.182. The predicted octanol–water partition coefficient (Wildman–Crippen LogP) is 2.73. The number of fused-ring (bicyclic) bond motifs is 1. The highest BCUT2D eigenvalue weighted by Gasteiger charge is 2.26. The Bertz CT molecular complexity index is 1060. The Balaban J connectivity index is 1.47. The standard InChI is InChI=1S/C22H21N3O3/c23-20-14-16-5-2-1-4-15(16)13-19(20)22(28)25-10-8-24(9-11-25)21(27)17-6-3-7-18(26)12-17/h1-7,12-14,26H,8-11,23H2. The maximum Gasteiger partial charge on any atom is 0.256 e. The van der Waals surface area contributed by atoms with Crippen LogP contribution in [0.1, 0.15) is 20.7 Å². The van der Waals surface area contributed by atoms with Gasteiger partial charge in [-0.2, -0.15) is 0 Å². The summed E-state index contributed by atoms with van der Waals surface area (Å²) in [5.41, 5.74) is 7.52. The SMILES string of the molecule is Nc1cc2ccccc2cc1C(=O)N1CCN(C(=O)c2cccc(O)c2)CC1. The van der Waals surface area contributed by atoms with Crippen molar-refractivity contribution >= 4 is 28.3 Å². The van der Waals surface area contributed by atoms with Gasteiger partial charge in [0.2, 0.25) is 0 Å². The van der Waals surface area contributed by atoms with Crippen molar-refractivity contribution in [3.05, 3.63) is 71.8 Å². The topological polar surface area (TPSA) is 86.9 Å². The summed E-state index contributed by atoms with van der Waals surface area (Å²) in [6.07, 6.45) is 0. The Morgan fingerprint density at radius 3 is 2.04 bits per heavy atom. The molecule has 1 fully saturated rings. The van der Waals surface area contributed by atoms with Crippen LogP contribution in [0, 0.1) is 0 Å². The van der Waals surface area contributed by atoms with Crippen LogP contribution in [0.3, 0.4) is 0 Å². The summed E-state index contributed by atoms with van der Waals surface area (Å²) in [6.45, 7) is 1.76. The van der Waals surface area contributed by atoms with Crippen molar-refractivity contribution in [3.63, 3.8) is 0 Å². The number of carbonyl (C=O) groups is 2. The molecule has 142 valence electrons. The van der Waals surface area contributed by atoms with Crippen LogP contribution in [0.2, 0.25) is 0 Å². The Labute approximate surface area is 162 Å². The van der Waals surface area contributed by atoms with E-state index in [-0.39, 0.29) is 17.6 Å². The molecule has 0 atom stereocenters. The van der Waals surface area contributed by atoms with Gasteiger partial charge in [0.05, 0.1) is 5.56 Å². The van der Waals surface area contributed by atoms with Crippen LogP contribution in [0.25, 0.3) is 10.8 Å². The minimum Gasteiger partial charge on any atom is -0.508 e. The van der Waals surface area contributed by atoms with E-state index in [4.69, 9.17) is 5.73 Å². The molecule has 1 saturated heterocycles. The number of hydrogen-bond donors (Lipinski definition) is 2. The van der Waals surface area contributed by atoms with Gasteiger partial charge in [0.15, 0.2) is 0 Å². The maximum absolute atomic E-state index is 13.0. The Kier molecular flexibility index (Phi) is 4.61. The first-order chi connectivity index (χ1) is 13.5. The molecule has 3 aromatic rings. The van der Waals surface area contributed by atoms with Crippen molar-refractivity contribution in [2.75, 3.05) is 31.9 Å². The zero-order valence-electron chi connectivity index (χ0n) is 15.3. The van der Waals surface area contributed by atoms with Gasteiger partial charge in [-0.25, -0.2) is 0 Å². The summed E-state index contributed by atoms with van der Waals surface area (Å²) in [7, 11) is 0. The molecule has 0 spiro atoms. The van der Waals surface area contributed by atoms with E-state index in [2.05, 4.69) is 0 Å². The van der Waals surface area contributed by atoms with Crippen molar-refractivity contribution in [1.82, 2.24) is 9.80 Å². The number of nitrogens with two attached hydrogens (primary N) is 1. The lowest BCUT2D eigenvalue weighted by Crippen LogP contribution is -2.50. The van der Waals surface area contributed by atoms with Gasteiger partial charge in [0.25, 0.3) is 11.8 Å². The highest BCUT2D eigenvalue weighted by molar-refractivity contribution is 6.04. The number of rotatable bonds is 2. The summed E-state index contributed by atoms with van der Waals surface area (Å²) >= 11 is 0. The average Bonchev–Trinajstić information content (AvgIpc) is 2.72. The third-order valence-electron chi connectivity index (χ3n) is 5.10. The molecule has 1 aliphatic rings.